The number of aromatic nitrogens is 3. The van der Waals surface area contributed by atoms with Crippen molar-refractivity contribution >= 4 is 75.6 Å². The van der Waals surface area contributed by atoms with Crippen molar-refractivity contribution in [3.05, 3.63) is 265 Å². The first kappa shape index (κ1) is 42.7. The Morgan fingerprint density at radius 3 is 1.93 bits per heavy atom. The van der Waals surface area contributed by atoms with Crippen molar-refractivity contribution in [2.45, 2.75) is 36.5 Å². The molecule has 0 amide bonds. The van der Waals surface area contributed by atoms with Gasteiger partial charge in [0.25, 0.3) is 0 Å². The van der Waals surface area contributed by atoms with Gasteiger partial charge in [0.15, 0.2) is 0 Å². The van der Waals surface area contributed by atoms with Crippen LogP contribution in [0, 0.1) is 13.1 Å². The molecule has 0 saturated heterocycles. The van der Waals surface area contributed by atoms with E-state index in [4.69, 9.17) is 0 Å². The van der Waals surface area contributed by atoms with Crippen molar-refractivity contribution in [3.63, 3.8) is 0 Å². The molecule has 0 fully saturated rings. The van der Waals surface area contributed by atoms with Crippen molar-refractivity contribution < 1.29 is 0 Å². The van der Waals surface area contributed by atoms with Gasteiger partial charge in [0.1, 0.15) is 0 Å². The number of para-hydroxylation sites is 3. The zero-order valence-electron chi connectivity index (χ0n) is 40.9. The second-order valence-electron chi connectivity index (χ2n) is 20.4. The zero-order chi connectivity index (χ0) is 48.3. The standard InChI is InChI=1S/C69H52IN3/c1-44-25-37-66-61(39-44)56-21-11-13-23-64(56)72(66)52-29-31-53(32-30-52)73-68-42-47(46-27-36-63-60(40-46)55-20-10-9-15-49(55)43-70(63)50-16-5-3-6-17-50)26-33-58(68)59-35-34-54(45(2)69(59)73)48-28-38-67-62(41-48)57-22-12-14-24-65(57)71(67)51-18-7-4-8-19-51/h3-38,40-42,44-45,54H,39,43H2,1-2H3. The molecule has 3 atom stereocenters. The van der Waals surface area contributed by atoms with Gasteiger partial charge in [-0.1, -0.05) is 73.7 Å². The molecule has 1 aliphatic heterocycles. The molecule has 4 heterocycles. The minimum atomic E-state index is -1.70. The molecule has 3 aliphatic rings. The molecule has 0 spiro atoms. The average molecular weight is 1050 g/mol. The number of halogens is 1. The summed E-state index contributed by atoms with van der Waals surface area (Å²) in [5, 5.41) is 5.22. The summed E-state index contributed by atoms with van der Waals surface area (Å²) in [6, 6.07) is 80.3. The van der Waals surface area contributed by atoms with Gasteiger partial charge in [-0.15, -0.1) is 0 Å². The van der Waals surface area contributed by atoms with Crippen LogP contribution < -0.4 is 0 Å². The van der Waals surface area contributed by atoms with E-state index in [1.54, 1.807) is 3.57 Å². The molecule has 12 aromatic rings. The Morgan fingerprint density at radius 1 is 0.452 bits per heavy atom. The molecular formula is C69H52IN3. The van der Waals surface area contributed by atoms with Crippen LogP contribution in [0.3, 0.4) is 0 Å². The van der Waals surface area contributed by atoms with Crippen LogP contribution >= 0.6 is 19.8 Å². The van der Waals surface area contributed by atoms with Crippen molar-refractivity contribution in [2.24, 2.45) is 5.92 Å². The molecule has 2 aliphatic carbocycles. The summed E-state index contributed by atoms with van der Waals surface area (Å²) in [7, 11) is 0. The van der Waals surface area contributed by atoms with Crippen molar-refractivity contribution in [1.82, 2.24) is 13.7 Å². The number of hydrogen-bond donors (Lipinski definition) is 0. The maximum Gasteiger partial charge on any atom is -0.0191 e. The van der Waals surface area contributed by atoms with Crippen LogP contribution in [0.1, 0.15) is 59.3 Å². The molecule has 0 N–H and O–H groups in total. The molecule has 350 valence electrons. The van der Waals surface area contributed by atoms with Gasteiger partial charge in [0.05, 0.1) is 16.6 Å². The Bertz CT molecular complexity index is 4240. The molecular weight excluding hydrogens is 998 g/mol. The Morgan fingerprint density at radius 2 is 1.11 bits per heavy atom. The Hall–Kier alpha value is -7.93. The molecule has 15 rings (SSSR count). The van der Waals surface area contributed by atoms with Crippen LogP contribution in [-0.2, 0) is 10.8 Å². The first-order chi connectivity index (χ1) is 36.0. The van der Waals surface area contributed by atoms with Crippen molar-refractivity contribution in [3.8, 4) is 39.3 Å². The van der Waals surface area contributed by atoms with Crippen LogP contribution in [0.4, 0.5) is 0 Å². The first-order valence-corrected chi connectivity index (χ1v) is 29.5. The molecule has 9 aromatic carbocycles. The van der Waals surface area contributed by atoms with E-state index in [9.17, 15) is 0 Å². The summed E-state index contributed by atoms with van der Waals surface area (Å²) >= 11 is -1.70. The van der Waals surface area contributed by atoms with Crippen molar-refractivity contribution in [1.29, 1.82) is 0 Å². The van der Waals surface area contributed by atoms with Crippen molar-refractivity contribution in [2.75, 3.05) is 0 Å². The normalized spacial score (nSPS) is 17.3. The van der Waals surface area contributed by atoms with E-state index in [1.807, 2.05) is 0 Å². The summed E-state index contributed by atoms with van der Waals surface area (Å²) in [6.07, 6.45) is 10.7. The molecule has 73 heavy (non-hydrogen) atoms. The SMILES string of the molecule is CC1C=Cc2c(c3ccccc3n2-c2ccc(-n3c4c(c5ccc(-c6ccc7c(c6)-c6ccccc6CI7c6ccccc6)cc53)C=CC(c3ccc5c(c3)c3ccccc3n5-c3ccccc3)C4C)cc2)C1. The number of rotatable bonds is 6. The van der Waals surface area contributed by atoms with Gasteiger partial charge in [0.2, 0.25) is 0 Å². The maximum atomic E-state index is 2.61. The number of allylic oxidation sites excluding steroid dienone is 2. The average Bonchev–Trinajstić information content (AvgIpc) is 4.09. The zero-order valence-corrected chi connectivity index (χ0v) is 43.0. The third-order valence-corrected chi connectivity index (χ3v) is 22.4. The molecule has 0 bridgehead atoms. The Balaban J connectivity index is 0.893. The molecule has 3 unspecified atom stereocenters. The maximum absolute atomic E-state index is 2.61. The van der Waals surface area contributed by atoms with Gasteiger partial charge >= 0.3 is 249 Å². The third-order valence-electron chi connectivity index (χ3n) is 16.2. The predicted octanol–water partition coefficient (Wildman–Crippen LogP) is 18.2. The Kier molecular flexibility index (Phi) is 9.85. The summed E-state index contributed by atoms with van der Waals surface area (Å²) in [6.45, 7) is 4.78. The summed E-state index contributed by atoms with van der Waals surface area (Å²) < 4.78 is 11.8. The monoisotopic (exact) mass is 1050 g/mol. The molecule has 0 saturated carbocycles. The van der Waals surface area contributed by atoms with E-state index >= 15 is 0 Å². The fourth-order valence-electron chi connectivity index (χ4n) is 12.8. The van der Waals surface area contributed by atoms with E-state index in [2.05, 4.69) is 264 Å². The van der Waals surface area contributed by atoms with Gasteiger partial charge in [-0.25, -0.2) is 0 Å². The molecule has 3 nitrogen and oxygen atoms in total. The van der Waals surface area contributed by atoms with Gasteiger partial charge in [0, 0.05) is 27.5 Å². The Labute approximate surface area is 433 Å². The van der Waals surface area contributed by atoms with Crippen LogP contribution in [0.5, 0.6) is 0 Å². The van der Waals surface area contributed by atoms with Gasteiger partial charge < -0.3 is 9.13 Å². The van der Waals surface area contributed by atoms with Gasteiger partial charge in [-0.3, -0.25) is 0 Å². The quantitative estimate of drug-likeness (QED) is 0.116. The number of nitrogens with zero attached hydrogens (tertiary/aromatic N) is 3. The predicted molar refractivity (Wildman–Crippen MR) is 315 cm³/mol. The number of alkyl halides is 1. The number of hydrogen-bond acceptors (Lipinski definition) is 0. The van der Waals surface area contributed by atoms with Crippen LogP contribution in [0.15, 0.2) is 224 Å². The second kappa shape index (κ2) is 16.8. The fraction of sp³-hybridized carbons (Fsp3) is 0.101. The topological polar surface area (TPSA) is 14.8 Å². The van der Waals surface area contributed by atoms with E-state index in [-0.39, 0.29) is 11.8 Å². The summed E-state index contributed by atoms with van der Waals surface area (Å²) in [4.78, 5) is 0. The smallest absolute Gasteiger partial charge is 0.0191 e. The van der Waals surface area contributed by atoms with E-state index in [0.717, 1.165) is 10.8 Å². The van der Waals surface area contributed by atoms with E-state index in [0.29, 0.717) is 5.92 Å². The summed E-state index contributed by atoms with van der Waals surface area (Å²) in [5.74, 6) is 0.880. The van der Waals surface area contributed by atoms with Crippen LogP contribution in [0.25, 0.3) is 95.1 Å². The van der Waals surface area contributed by atoms with E-state index in [1.165, 1.54) is 120 Å². The van der Waals surface area contributed by atoms with E-state index < -0.39 is 19.8 Å². The number of fused-ring (bicyclic) bond motifs is 12. The minimum absolute atomic E-state index is 0.174. The minimum Gasteiger partial charge on any atom is -0.0191 e. The second-order valence-corrected chi connectivity index (χ2v) is 25.7. The van der Waals surface area contributed by atoms with Gasteiger partial charge in [-0.05, 0) is 60.4 Å². The third kappa shape index (κ3) is 6.69. The van der Waals surface area contributed by atoms with Crippen LogP contribution in [0.2, 0.25) is 0 Å². The summed E-state index contributed by atoms with van der Waals surface area (Å²) in [5.41, 5.74) is 22.1. The molecule has 0 radical (unpaired) electrons. The number of benzene rings is 9. The molecule has 3 aromatic heterocycles. The van der Waals surface area contributed by atoms with Crippen LogP contribution in [-0.4, -0.2) is 13.7 Å². The van der Waals surface area contributed by atoms with Gasteiger partial charge in [-0.2, -0.15) is 0 Å². The molecule has 4 heteroatoms. The first-order valence-electron chi connectivity index (χ1n) is 25.8. The largest absolute Gasteiger partial charge is 0.0191 e. The fourth-order valence-corrected chi connectivity index (χ4v) is 18.8.